The maximum Gasteiger partial charge on any atom is 0.349 e. The molecule has 0 N–H and O–H groups in total. The van der Waals surface area contributed by atoms with E-state index in [-0.39, 0.29) is 11.7 Å². The van der Waals surface area contributed by atoms with Crippen molar-refractivity contribution in [3.05, 3.63) is 69.8 Å². The summed E-state index contributed by atoms with van der Waals surface area (Å²) in [6, 6.07) is 13.8. The second-order valence-electron chi connectivity index (χ2n) is 6.86. The van der Waals surface area contributed by atoms with Gasteiger partial charge in [0, 0.05) is 0 Å². The normalized spacial score (nSPS) is 11.2. The van der Waals surface area contributed by atoms with Gasteiger partial charge in [-0.3, -0.25) is 0 Å². The zero-order valence-electron chi connectivity index (χ0n) is 16.5. The Morgan fingerprint density at radius 2 is 1.78 bits per heavy atom. The van der Waals surface area contributed by atoms with Crippen molar-refractivity contribution in [2.24, 2.45) is 0 Å². The van der Waals surface area contributed by atoms with Crippen LogP contribution in [0, 0.1) is 32.1 Å². The fourth-order valence-corrected chi connectivity index (χ4v) is 2.63. The van der Waals surface area contributed by atoms with Crippen molar-refractivity contribution < 1.29 is 14.3 Å². The molecule has 0 aliphatic rings. The van der Waals surface area contributed by atoms with Crippen LogP contribution >= 0.6 is 0 Å². The monoisotopic (exact) mass is 363 g/mol. The number of nitrogens with zero attached hydrogens (tertiary/aromatic N) is 1. The van der Waals surface area contributed by atoms with Crippen LogP contribution in [-0.4, -0.2) is 12.1 Å². The van der Waals surface area contributed by atoms with Gasteiger partial charge in [0.1, 0.15) is 24.0 Å². The lowest BCUT2D eigenvalue weighted by atomic mass is 9.98. The lowest BCUT2D eigenvalue weighted by Crippen LogP contribution is -2.13. The molecule has 0 amide bonds. The van der Waals surface area contributed by atoms with Gasteiger partial charge in [-0.15, -0.1) is 0 Å². The highest BCUT2D eigenvalue weighted by Crippen LogP contribution is 2.22. The molecule has 4 nitrogen and oxygen atoms in total. The quantitative estimate of drug-likeness (QED) is 0.409. The summed E-state index contributed by atoms with van der Waals surface area (Å²) in [5.41, 5.74) is 4.99. The topological polar surface area (TPSA) is 59.3 Å². The van der Waals surface area contributed by atoms with Crippen molar-refractivity contribution in [3.63, 3.8) is 0 Å². The van der Waals surface area contributed by atoms with E-state index in [2.05, 4.69) is 6.07 Å². The molecule has 4 heteroatoms. The van der Waals surface area contributed by atoms with E-state index in [4.69, 9.17) is 9.47 Å². The molecule has 2 aromatic rings. The summed E-state index contributed by atoms with van der Waals surface area (Å²) in [5, 5.41) is 9.33. The molecular formula is C23H25NO3. The first-order chi connectivity index (χ1) is 12.8. The van der Waals surface area contributed by atoms with Crippen LogP contribution < -0.4 is 4.74 Å². The van der Waals surface area contributed by atoms with Crippen LogP contribution in [0.4, 0.5) is 0 Å². The Kier molecular flexibility index (Phi) is 6.79. The van der Waals surface area contributed by atoms with Gasteiger partial charge >= 0.3 is 5.97 Å². The molecule has 2 rings (SSSR count). The first-order valence-electron chi connectivity index (χ1n) is 8.92. The Labute approximate surface area is 161 Å². The largest absolute Gasteiger partial charge is 0.489 e. The summed E-state index contributed by atoms with van der Waals surface area (Å²) in [6.07, 6.45) is 1.31. The third-order valence-corrected chi connectivity index (χ3v) is 4.10. The lowest BCUT2D eigenvalue weighted by molar-refractivity contribution is -0.142. The number of rotatable bonds is 6. The van der Waals surface area contributed by atoms with Gasteiger partial charge in [-0.05, 0) is 69.5 Å². The highest BCUT2D eigenvalue weighted by Gasteiger charge is 2.14. The highest BCUT2D eigenvalue weighted by atomic mass is 16.5. The van der Waals surface area contributed by atoms with E-state index in [9.17, 15) is 10.1 Å². The van der Waals surface area contributed by atoms with Crippen LogP contribution in [0.3, 0.4) is 0 Å². The fourth-order valence-electron chi connectivity index (χ4n) is 2.63. The summed E-state index contributed by atoms with van der Waals surface area (Å²) in [5.74, 6) is 0.197. The number of aryl methyl sites for hydroxylation is 2. The number of hydrogen-bond donors (Lipinski definition) is 0. The Morgan fingerprint density at radius 1 is 1.11 bits per heavy atom. The molecular weight excluding hydrogens is 338 g/mol. The Balaban J connectivity index is 2.28. The van der Waals surface area contributed by atoms with E-state index in [1.54, 1.807) is 19.9 Å². The molecule has 140 valence electrons. The number of carbonyl (C=O) groups excluding carboxylic acids is 1. The number of esters is 1. The van der Waals surface area contributed by atoms with Gasteiger partial charge in [-0.25, -0.2) is 4.79 Å². The average Bonchev–Trinajstić information content (AvgIpc) is 2.61. The molecule has 0 bridgehead atoms. The number of carbonyl (C=O) groups is 1. The number of benzene rings is 2. The summed E-state index contributed by atoms with van der Waals surface area (Å²) in [6.45, 7) is 9.89. The molecule has 27 heavy (non-hydrogen) atoms. The first kappa shape index (κ1) is 20.3. The average molecular weight is 363 g/mol. The van der Waals surface area contributed by atoms with Crippen LogP contribution in [0.5, 0.6) is 5.75 Å². The van der Waals surface area contributed by atoms with Crippen LogP contribution in [0.25, 0.3) is 6.08 Å². The molecule has 0 saturated heterocycles. The van der Waals surface area contributed by atoms with E-state index in [0.717, 1.165) is 28.0 Å². The molecule has 0 radical (unpaired) electrons. The van der Waals surface area contributed by atoms with E-state index in [1.165, 1.54) is 5.56 Å². The summed E-state index contributed by atoms with van der Waals surface area (Å²) in [7, 11) is 0. The third kappa shape index (κ3) is 5.72. The van der Waals surface area contributed by atoms with Crippen molar-refractivity contribution in [2.75, 3.05) is 0 Å². The molecule has 0 atom stereocenters. The number of ether oxygens (including phenoxy) is 2. The van der Waals surface area contributed by atoms with Gasteiger partial charge in [-0.2, -0.15) is 5.26 Å². The van der Waals surface area contributed by atoms with Gasteiger partial charge < -0.3 is 9.47 Å². The zero-order chi connectivity index (χ0) is 20.0. The molecule has 0 fully saturated rings. The van der Waals surface area contributed by atoms with Crippen LogP contribution in [0.2, 0.25) is 0 Å². The molecule has 0 aromatic heterocycles. The van der Waals surface area contributed by atoms with Crippen LogP contribution in [-0.2, 0) is 16.1 Å². The minimum Gasteiger partial charge on any atom is -0.489 e. The van der Waals surface area contributed by atoms with Crippen molar-refractivity contribution in [3.8, 4) is 11.8 Å². The molecule has 2 aromatic carbocycles. The van der Waals surface area contributed by atoms with Crippen molar-refractivity contribution >= 4 is 12.0 Å². The van der Waals surface area contributed by atoms with Crippen LogP contribution in [0.1, 0.15) is 41.7 Å². The smallest absolute Gasteiger partial charge is 0.349 e. The molecule has 0 heterocycles. The third-order valence-electron chi connectivity index (χ3n) is 4.10. The number of nitriles is 1. The van der Waals surface area contributed by atoms with Gasteiger partial charge in [0.25, 0.3) is 0 Å². The molecule has 0 spiro atoms. The predicted octanol–water partition coefficient (Wildman–Crippen LogP) is 5.05. The fraction of sp³-hybridized carbons (Fsp3) is 0.304. The van der Waals surface area contributed by atoms with Gasteiger partial charge in [0.2, 0.25) is 0 Å². The summed E-state index contributed by atoms with van der Waals surface area (Å²) >= 11 is 0. The molecule has 0 saturated carbocycles. The molecule has 0 aliphatic heterocycles. The Morgan fingerprint density at radius 3 is 2.37 bits per heavy atom. The highest BCUT2D eigenvalue weighted by molar-refractivity contribution is 5.98. The van der Waals surface area contributed by atoms with Crippen molar-refractivity contribution in [1.29, 1.82) is 5.26 Å². The lowest BCUT2D eigenvalue weighted by Gasteiger charge is -2.13. The Bertz CT molecular complexity index is 887. The van der Waals surface area contributed by atoms with Crippen LogP contribution in [0.15, 0.2) is 42.0 Å². The zero-order valence-corrected chi connectivity index (χ0v) is 16.5. The first-order valence-corrected chi connectivity index (χ1v) is 8.92. The standard InChI is InChI=1S/C23H25NO3/c1-15(2)27-23(25)20(13-24)12-19-10-17(4)11-21(18(19)5)14-26-22-8-6-16(3)7-9-22/h6-12,15H,14H2,1-5H3/b20-12+. The Hall–Kier alpha value is -3.06. The molecule has 0 unspecified atom stereocenters. The number of hydrogen-bond acceptors (Lipinski definition) is 4. The van der Waals surface area contributed by atoms with E-state index < -0.39 is 5.97 Å². The predicted molar refractivity (Wildman–Crippen MR) is 106 cm³/mol. The second kappa shape index (κ2) is 9.05. The van der Waals surface area contributed by atoms with E-state index in [1.807, 2.05) is 57.2 Å². The maximum absolute atomic E-state index is 12.1. The van der Waals surface area contributed by atoms with Gasteiger partial charge in [0.15, 0.2) is 0 Å². The van der Waals surface area contributed by atoms with Gasteiger partial charge in [0.05, 0.1) is 6.10 Å². The van der Waals surface area contributed by atoms with Crippen molar-refractivity contribution in [1.82, 2.24) is 0 Å². The maximum atomic E-state index is 12.1. The second-order valence-corrected chi connectivity index (χ2v) is 6.86. The van der Waals surface area contributed by atoms with E-state index >= 15 is 0 Å². The van der Waals surface area contributed by atoms with Crippen molar-refractivity contribution in [2.45, 2.75) is 47.3 Å². The molecule has 0 aliphatic carbocycles. The van der Waals surface area contributed by atoms with Gasteiger partial charge in [-0.1, -0.05) is 35.4 Å². The minimum absolute atomic E-state index is 0.0113. The summed E-state index contributed by atoms with van der Waals surface area (Å²) < 4.78 is 11.0. The summed E-state index contributed by atoms with van der Waals surface area (Å²) in [4.78, 5) is 12.1. The minimum atomic E-state index is -0.606. The van der Waals surface area contributed by atoms with E-state index in [0.29, 0.717) is 6.61 Å². The SMILES string of the molecule is Cc1ccc(OCc2cc(C)cc(/C=C(\C#N)C(=O)OC(C)C)c2C)cc1.